The maximum Gasteiger partial charge on any atom is 0.219 e. The van der Waals surface area contributed by atoms with Crippen LogP contribution in [0.25, 0.3) is 21.3 Å². The minimum atomic E-state index is -0.485. The van der Waals surface area contributed by atoms with Crippen LogP contribution < -0.4 is 16.4 Å². The molecule has 1 fully saturated rings. The van der Waals surface area contributed by atoms with E-state index in [0.717, 1.165) is 58.6 Å². The second kappa shape index (κ2) is 8.57. The van der Waals surface area contributed by atoms with Crippen LogP contribution in [-0.4, -0.2) is 47.1 Å². The first-order valence-corrected chi connectivity index (χ1v) is 11.9. The number of amidine groups is 1. The fourth-order valence-corrected chi connectivity index (χ4v) is 5.43. The second-order valence-corrected chi connectivity index (χ2v) is 9.74. The van der Waals surface area contributed by atoms with Gasteiger partial charge in [0.2, 0.25) is 5.91 Å². The first-order valence-electron chi connectivity index (χ1n) is 11.1. The van der Waals surface area contributed by atoms with Gasteiger partial charge in [-0.05, 0) is 54.2 Å². The molecule has 1 saturated heterocycles. The Labute approximate surface area is 196 Å². The number of rotatable bonds is 3. The molecular formula is C24H27N7OS. The van der Waals surface area contributed by atoms with E-state index < -0.39 is 6.17 Å². The van der Waals surface area contributed by atoms with Gasteiger partial charge >= 0.3 is 0 Å². The van der Waals surface area contributed by atoms with Crippen LogP contribution in [0, 0.1) is 11.3 Å². The Balaban J connectivity index is 1.40. The summed E-state index contributed by atoms with van der Waals surface area (Å²) >= 11 is 1.47. The van der Waals surface area contributed by atoms with Crippen molar-refractivity contribution in [2.75, 3.05) is 23.7 Å². The van der Waals surface area contributed by atoms with Gasteiger partial charge in [-0.25, -0.2) is 4.98 Å². The fraction of sp³-hybridized carbons (Fsp3) is 0.333. The molecule has 9 heteroatoms. The van der Waals surface area contributed by atoms with Crippen LogP contribution in [0.15, 0.2) is 41.4 Å². The molecule has 5 rings (SSSR count). The van der Waals surface area contributed by atoms with Crippen molar-refractivity contribution < 1.29 is 4.79 Å². The molecule has 0 saturated carbocycles. The highest BCUT2D eigenvalue weighted by Gasteiger charge is 2.28. The number of thiazole rings is 1. The van der Waals surface area contributed by atoms with E-state index in [1.807, 2.05) is 34.1 Å². The summed E-state index contributed by atoms with van der Waals surface area (Å²) in [5.74, 6) is 0.974. The Morgan fingerprint density at radius 1 is 1.18 bits per heavy atom. The first kappa shape index (κ1) is 21.5. The molecular weight excluding hydrogens is 434 g/mol. The summed E-state index contributed by atoms with van der Waals surface area (Å²) in [7, 11) is 0. The zero-order valence-corrected chi connectivity index (χ0v) is 19.3. The number of hydrogen-bond acceptors (Lipinski definition) is 7. The topological polar surface area (TPSA) is 125 Å². The van der Waals surface area contributed by atoms with Gasteiger partial charge in [-0.1, -0.05) is 23.5 Å². The van der Waals surface area contributed by atoms with Crippen molar-refractivity contribution in [2.24, 2.45) is 16.6 Å². The lowest BCUT2D eigenvalue weighted by atomic mass is 9.92. The molecule has 5 N–H and O–H groups in total. The fourth-order valence-electron chi connectivity index (χ4n) is 4.66. The normalized spacial score (nSPS) is 18.5. The zero-order chi connectivity index (χ0) is 23.1. The summed E-state index contributed by atoms with van der Waals surface area (Å²) in [5.41, 5.74) is 16.9. The van der Waals surface area contributed by atoms with Gasteiger partial charge in [0, 0.05) is 32.6 Å². The predicted octanol–water partition coefficient (Wildman–Crippen LogP) is 3.98. The van der Waals surface area contributed by atoms with Crippen LogP contribution in [0.1, 0.15) is 26.2 Å². The Bertz CT molecular complexity index is 1260. The highest BCUT2D eigenvalue weighted by atomic mass is 32.1. The molecule has 3 heterocycles. The van der Waals surface area contributed by atoms with Crippen LogP contribution in [-0.2, 0) is 4.79 Å². The largest absolute Gasteiger partial charge is 0.375 e. The summed E-state index contributed by atoms with van der Waals surface area (Å²) in [4.78, 5) is 24.2. The number of amides is 1. The molecule has 170 valence electrons. The summed E-state index contributed by atoms with van der Waals surface area (Å²) in [5, 5.41) is 9.44. The lowest BCUT2D eigenvalue weighted by molar-refractivity contribution is -0.130. The standard InChI is InChI=1S/C24H27N7OS/c1-14(32)30-8-6-15(7-9-30)10-22(25)31-20-11-16(2-4-18(20)28-13-23(31)26)17-3-5-19-21(12-17)33-24(27)29-19/h2-5,11-13,15,23,25H,6-10,26H2,1H3,(H2,27,29). The molecule has 0 radical (unpaired) electrons. The maximum atomic E-state index is 11.6. The van der Waals surface area contributed by atoms with Crippen molar-refractivity contribution >= 4 is 56.0 Å². The Kier molecular flexibility index (Phi) is 5.59. The third-order valence-electron chi connectivity index (χ3n) is 6.47. The van der Waals surface area contributed by atoms with E-state index in [9.17, 15) is 4.79 Å². The number of aliphatic imine (C=N–C) groups is 1. The number of aromatic nitrogens is 1. The van der Waals surface area contributed by atoms with E-state index in [0.29, 0.717) is 23.3 Å². The molecule has 8 nitrogen and oxygen atoms in total. The number of nitrogens with two attached hydrogens (primary N) is 2. The Morgan fingerprint density at radius 2 is 1.91 bits per heavy atom. The van der Waals surface area contributed by atoms with E-state index in [-0.39, 0.29) is 5.91 Å². The monoisotopic (exact) mass is 461 g/mol. The molecule has 0 bridgehead atoms. The smallest absolute Gasteiger partial charge is 0.219 e. The number of carbonyl (C=O) groups excluding carboxylic acids is 1. The second-order valence-electron chi connectivity index (χ2n) is 8.68. The number of nitrogens with zero attached hydrogens (tertiary/aromatic N) is 4. The molecule has 2 aromatic carbocycles. The lowest BCUT2D eigenvalue weighted by Crippen LogP contribution is -2.49. The molecule has 3 aromatic rings. The van der Waals surface area contributed by atoms with Gasteiger partial charge in [-0.15, -0.1) is 0 Å². The Morgan fingerprint density at radius 3 is 2.67 bits per heavy atom. The number of fused-ring (bicyclic) bond motifs is 2. The molecule has 1 unspecified atom stereocenters. The van der Waals surface area contributed by atoms with Gasteiger partial charge in [-0.3, -0.25) is 15.2 Å². The zero-order valence-electron chi connectivity index (χ0n) is 18.5. The molecule has 0 aliphatic carbocycles. The average Bonchev–Trinajstić information content (AvgIpc) is 3.18. The van der Waals surface area contributed by atoms with Gasteiger partial charge in [0.05, 0.1) is 21.6 Å². The van der Waals surface area contributed by atoms with Crippen LogP contribution >= 0.6 is 11.3 Å². The first-order chi connectivity index (χ1) is 15.9. The van der Waals surface area contributed by atoms with Crippen molar-refractivity contribution in [1.29, 1.82) is 5.41 Å². The summed E-state index contributed by atoms with van der Waals surface area (Å²) in [6.07, 6.45) is 3.65. The number of hydrogen-bond donors (Lipinski definition) is 3. The van der Waals surface area contributed by atoms with E-state index in [4.69, 9.17) is 16.9 Å². The van der Waals surface area contributed by atoms with E-state index >= 15 is 0 Å². The van der Waals surface area contributed by atoms with Crippen LogP contribution in [0.5, 0.6) is 0 Å². The molecule has 2 aliphatic rings. The molecule has 0 spiro atoms. The molecule has 1 amide bonds. The number of carbonyl (C=O) groups is 1. The quantitative estimate of drug-likeness (QED) is 0.402. The van der Waals surface area contributed by atoms with Crippen LogP contribution in [0.4, 0.5) is 16.5 Å². The van der Waals surface area contributed by atoms with Crippen molar-refractivity contribution in [3.8, 4) is 11.1 Å². The lowest BCUT2D eigenvalue weighted by Gasteiger charge is -2.36. The SMILES string of the molecule is CC(=O)N1CCC(CC(=N)N2c3cc(-c4ccc5nc(N)sc5c4)ccc3N=CC2N)CC1. The van der Waals surface area contributed by atoms with Gasteiger partial charge in [0.25, 0.3) is 0 Å². The number of nitrogens with one attached hydrogen (secondary N) is 1. The predicted molar refractivity (Wildman–Crippen MR) is 135 cm³/mol. The minimum absolute atomic E-state index is 0.124. The highest BCUT2D eigenvalue weighted by molar-refractivity contribution is 7.22. The van der Waals surface area contributed by atoms with E-state index in [2.05, 4.69) is 22.1 Å². The Hall–Kier alpha value is -3.30. The number of benzene rings is 2. The van der Waals surface area contributed by atoms with Gasteiger partial charge in [0.1, 0.15) is 12.0 Å². The molecule has 1 atom stereocenters. The van der Waals surface area contributed by atoms with Gasteiger partial charge < -0.3 is 21.3 Å². The highest BCUT2D eigenvalue weighted by Crippen LogP contribution is 2.38. The maximum absolute atomic E-state index is 11.6. The van der Waals surface area contributed by atoms with Crippen LogP contribution in [0.2, 0.25) is 0 Å². The van der Waals surface area contributed by atoms with Gasteiger partial charge in [-0.2, -0.15) is 0 Å². The van der Waals surface area contributed by atoms with E-state index in [1.54, 1.807) is 13.1 Å². The third kappa shape index (κ3) is 4.21. The third-order valence-corrected chi connectivity index (χ3v) is 7.32. The number of likely N-dealkylation sites (tertiary alicyclic amines) is 1. The number of nitrogen functional groups attached to an aromatic ring is 1. The molecule has 1 aromatic heterocycles. The number of piperidine rings is 1. The molecule has 33 heavy (non-hydrogen) atoms. The van der Waals surface area contributed by atoms with Gasteiger partial charge in [0.15, 0.2) is 5.13 Å². The van der Waals surface area contributed by atoms with Crippen molar-refractivity contribution in [3.05, 3.63) is 36.4 Å². The number of anilines is 2. The van der Waals surface area contributed by atoms with Crippen molar-refractivity contribution in [2.45, 2.75) is 32.4 Å². The van der Waals surface area contributed by atoms with Crippen molar-refractivity contribution in [1.82, 2.24) is 9.88 Å². The minimum Gasteiger partial charge on any atom is -0.375 e. The molecule has 2 aliphatic heterocycles. The summed E-state index contributed by atoms with van der Waals surface area (Å²) in [6, 6.07) is 12.2. The summed E-state index contributed by atoms with van der Waals surface area (Å²) < 4.78 is 1.04. The van der Waals surface area contributed by atoms with Crippen LogP contribution in [0.3, 0.4) is 0 Å². The average molecular weight is 462 g/mol. The van der Waals surface area contributed by atoms with E-state index in [1.165, 1.54) is 11.3 Å². The summed E-state index contributed by atoms with van der Waals surface area (Å²) in [6.45, 7) is 3.13. The van der Waals surface area contributed by atoms with Crippen molar-refractivity contribution in [3.63, 3.8) is 0 Å².